The summed E-state index contributed by atoms with van der Waals surface area (Å²) < 4.78 is 0. The highest BCUT2D eigenvalue weighted by molar-refractivity contribution is 7.17. The van der Waals surface area contributed by atoms with Gasteiger partial charge in [-0.3, -0.25) is 0 Å². The van der Waals surface area contributed by atoms with E-state index in [4.69, 9.17) is 16.3 Å². The zero-order valence-corrected chi connectivity index (χ0v) is 11.5. The van der Waals surface area contributed by atoms with E-state index in [1.165, 1.54) is 11.3 Å². The van der Waals surface area contributed by atoms with Crippen LogP contribution in [0.3, 0.4) is 0 Å². The first-order chi connectivity index (χ1) is 8.67. The summed E-state index contributed by atoms with van der Waals surface area (Å²) in [6.45, 7) is 7.86. The summed E-state index contributed by atoms with van der Waals surface area (Å²) in [6, 6.07) is 4.05. The summed E-state index contributed by atoms with van der Waals surface area (Å²) in [5.41, 5.74) is 6.40. The van der Waals surface area contributed by atoms with Crippen LogP contribution in [0.4, 0.5) is 10.7 Å². The Morgan fingerprint density at radius 2 is 1.94 bits per heavy atom. The highest BCUT2D eigenvalue weighted by Gasteiger charge is 2.15. The predicted octanol–water partition coefficient (Wildman–Crippen LogP) is 1.83. The minimum absolute atomic E-state index is 0.287. The van der Waals surface area contributed by atoms with Crippen LogP contribution in [0.5, 0.6) is 0 Å². The summed E-state index contributed by atoms with van der Waals surface area (Å²) in [5, 5.41) is 21.8. The Morgan fingerprint density at radius 3 is 2.44 bits per heavy atom. The third-order valence-electron chi connectivity index (χ3n) is 2.77. The van der Waals surface area contributed by atoms with Crippen molar-refractivity contribution in [3.05, 3.63) is 10.4 Å². The van der Waals surface area contributed by atoms with E-state index in [0.717, 1.165) is 26.2 Å². The van der Waals surface area contributed by atoms with Crippen LogP contribution >= 0.6 is 11.3 Å². The molecule has 0 aliphatic heterocycles. The van der Waals surface area contributed by atoms with Gasteiger partial charge in [0.25, 0.3) is 0 Å². The van der Waals surface area contributed by atoms with E-state index in [1.54, 1.807) is 0 Å². The summed E-state index contributed by atoms with van der Waals surface area (Å²) in [6.07, 6.45) is 0. The minimum Gasteiger partial charge on any atom is -0.396 e. The largest absolute Gasteiger partial charge is 0.396 e. The second-order valence-corrected chi connectivity index (χ2v) is 4.75. The predicted molar refractivity (Wildman–Crippen MR) is 74.4 cm³/mol. The molecule has 6 heteroatoms. The van der Waals surface area contributed by atoms with Gasteiger partial charge in [-0.1, -0.05) is 13.8 Å². The monoisotopic (exact) mass is 263 g/mol. The van der Waals surface area contributed by atoms with Crippen LogP contribution < -0.4 is 11.1 Å². The molecule has 0 saturated carbocycles. The van der Waals surface area contributed by atoms with Gasteiger partial charge in [0.1, 0.15) is 27.6 Å². The van der Waals surface area contributed by atoms with E-state index in [2.05, 4.69) is 24.1 Å². The molecule has 0 radical (unpaired) electrons. The Bertz CT molecular complexity index is 476. The molecule has 0 aliphatic carbocycles. The number of likely N-dealkylation sites (N-methyl/N-ethyl adjacent to an activating group) is 1. The van der Waals surface area contributed by atoms with Crippen LogP contribution in [-0.2, 0) is 0 Å². The molecule has 0 bridgehead atoms. The fourth-order valence-corrected chi connectivity index (χ4v) is 2.52. The zero-order valence-electron chi connectivity index (χ0n) is 10.7. The van der Waals surface area contributed by atoms with E-state index in [-0.39, 0.29) is 5.69 Å². The lowest BCUT2D eigenvalue weighted by Crippen LogP contribution is -2.28. The molecule has 0 spiro atoms. The van der Waals surface area contributed by atoms with Gasteiger partial charge in [-0.25, -0.2) is 0 Å². The number of anilines is 2. The van der Waals surface area contributed by atoms with Crippen LogP contribution in [0, 0.1) is 22.7 Å². The van der Waals surface area contributed by atoms with Crippen molar-refractivity contribution in [2.75, 3.05) is 37.2 Å². The molecule has 0 atom stereocenters. The standard InChI is InChI=1S/C12H17N5S/c1-3-17(4-2)6-5-16-12-9(7-13)11(15)10(8-14)18-12/h16H,3-6,15H2,1-2H3. The fraction of sp³-hybridized carbons (Fsp3) is 0.500. The summed E-state index contributed by atoms with van der Waals surface area (Å²) in [7, 11) is 0. The third-order valence-corrected chi connectivity index (χ3v) is 3.83. The Kier molecular flexibility index (Phi) is 5.44. The van der Waals surface area contributed by atoms with Gasteiger partial charge in [0.15, 0.2) is 0 Å². The van der Waals surface area contributed by atoms with Crippen molar-refractivity contribution < 1.29 is 0 Å². The topological polar surface area (TPSA) is 88.9 Å². The second-order valence-electron chi connectivity index (χ2n) is 3.73. The average molecular weight is 263 g/mol. The molecule has 0 unspecified atom stereocenters. The molecule has 0 saturated heterocycles. The third kappa shape index (κ3) is 3.13. The van der Waals surface area contributed by atoms with Gasteiger partial charge in [0, 0.05) is 13.1 Å². The Morgan fingerprint density at radius 1 is 1.28 bits per heavy atom. The molecule has 1 aromatic heterocycles. The average Bonchev–Trinajstić information content (AvgIpc) is 2.70. The van der Waals surface area contributed by atoms with Crippen molar-refractivity contribution in [1.29, 1.82) is 10.5 Å². The zero-order chi connectivity index (χ0) is 13.5. The molecular formula is C12H17N5S. The lowest BCUT2D eigenvalue weighted by molar-refractivity contribution is 0.316. The van der Waals surface area contributed by atoms with Crippen molar-refractivity contribution in [1.82, 2.24) is 4.90 Å². The number of thiophene rings is 1. The second kappa shape index (κ2) is 6.85. The highest BCUT2D eigenvalue weighted by atomic mass is 32.1. The van der Waals surface area contributed by atoms with Gasteiger partial charge in [0.2, 0.25) is 0 Å². The van der Waals surface area contributed by atoms with Crippen molar-refractivity contribution in [3.63, 3.8) is 0 Å². The Balaban J connectivity index is 2.69. The van der Waals surface area contributed by atoms with Crippen LogP contribution in [0.15, 0.2) is 0 Å². The quantitative estimate of drug-likeness (QED) is 0.817. The molecule has 5 nitrogen and oxygen atoms in total. The number of nitriles is 2. The van der Waals surface area contributed by atoms with Gasteiger partial charge < -0.3 is 16.0 Å². The molecule has 3 N–H and O–H groups in total. The SMILES string of the molecule is CCN(CC)CCNc1sc(C#N)c(N)c1C#N. The first-order valence-corrected chi connectivity index (χ1v) is 6.68. The van der Waals surface area contributed by atoms with Gasteiger partial charge in [-0.05, 0) is 13.1 Å². The summed E-state index contributed by atoms with van der Waals surface area (Å²) >= 11 is 1.24. The molecule has 18 heavy (non-hydrogen) atoms. The number of nitrogen functional groups attached to an aromatic ring is 1. The van der Waals surface area contributed by atoms with E-state index in [0.29, 0.717) is 15.4 Å². The van der Waals surface area contributed by atoms with E-state index >= 15 is 0 Å². The fourth-order valence-electron chi connectivity index (χ4n) is 1.63. The van der Waals surface area contributed by atoms with Crippen LogP contribution in [0.2, 0.25) is 0 Å². The molecule has 1 rings (SSSR count). The van der Waals surface area contributed by atoms with Gasteiger partial charge in [0.05, 0.1) is 5.69 Å². The Labute approximate surface area is 111 Å². The first kappa shape index (κ1) is 14.3. The van der Waals surface area contributed by atoms with Crippen molar-refractivity contribution in [2.24, 2.45) is 0 Å². The lowest BCUT2D eigenvalue weighted by Gasteiger charge is -2.18. The normalized spacial score (nSPS) is 10.1. The summed E-state index contributed by atoms with van der Waals surface area (Å²) in [4.78, 5) is 2.68. The molecular weight excluding hydrogens is 246 g/mol. The van der Waals surface area contributed by atoms with Gasteiger partial charge in [-0.15, -0.1) is 11.3 Å². The smallest absolute Gasteiger partial charge is 0.131 e. The molecule has 96 valence electrons. The Hall–Kier alpha value is -1.76. The molecule has 0 aromatic carbocycles. The van der Waals surface area contributed by atoms with Crippen molar-refractivity contribution in [3.8, 4) is 12.1 Å². The van der Waals surface area contributed by atoms with Gasteiger partial charge >= 0.3 is 0 Å². The molecule has 0 amide bonds. The number of rotatable bonds is 6. The van der Waals surface area contributed by atoms with Crippen LogP contribution in [0.25, 0.3) is 0 Å². The molecule has 0 fully saturated rings. The maximum Gasteiger partial charge on any atom is 0.131 e. The lowest BCUT2D eigenvalue weighted by atomic mass is 10.2. The van der Waals surface area contributed by atoms with Crippen molar-refractivity contribution in [2.45, 2.75) is 13.8 Å². The van der Waals surface area contributed by atoms with Crippen LogP contribution in [-0.4, -0.2) is 31.1 Å². The number of nitrogens with zero attached hydrogens (tertiary/aromatic N) is 3. The maximum atomic E-state index is 9.03. The highest BCUT2D eigenvalue weighted by Crippen LogP contribution is 2.34. The van der Waals surface area contributed by atoms with Crippen molar-refractivity contribution >= 4 is 22.0 Å². The molecule has 0 aliphatic rings. The number of nitrogens with one attached hydrogen (secondary N) is 1. The van der Waals surface area contributed by atoms with E-state index in [9.17, 15) is 0 Å². The van der Waals surface area contributed by atoms with E-state index in [1.807, 2.05) is 12.1 Å². The maximum absolute atomic E-state index is 9.03. The van der Waals surface area contributed by atoms with Crippen LogP contribution in [0.1, 0.15) is 24.3 Å². The number of nitrogens with two attached hydrogens (primary N) is 1. The molecule has 1 aromatic rings. The van der Waals surface area contributed by atoms with E-state index < -0.39 is 0 Å². The summed E-state index contributed by atoms with van der Waals surface area (Å²) in [5.74, 6) is 0. The molecule has 1 heterocycles. The first-order valence-electron chi connectivity index (χ1n) is 5.86. The minimum atomic E-state index is 0.287. The number of hydrogen-bond donors (Lipinski definition) is 2. The van der Waals surface area contributed by atoms with Gasteiger partial charge in [-0.2, -0.15) is 10.5 Å². The number of hydrogen-bond acceptors (Lipinski definition) is 6.